The minimum atomic E-state index is -0.655. The number of halogens is 1. The van der Waals surface area contributed by atoms with Crippen LogP contribution in [0.15, 0.2) is 54.6 Å². The minimum Gasteiger partial charge on any atom is -0.381 e. The molecule has 5 nitrogen and oxygen atoms in total. The van der Waals surface area contributed by atoms with Crippen LogP contribution < -0.4 is 10.6 Å². The summed E-state index contributed by atoms with van der Waals surface area (Å²) in [5, 5.41) is 6.37. The zero-order valence-corrected chi connectivity index (χ0v) is 15.7. The molecule has 2 N–H and O–H groups in total. The van der Waals surface area contributed by atoms with Gasteiger partial charge in [0.1, 0.15) is 6.04 Å². The van der Waals surface area contributed by atoms with Crippen molar-refractivity contribution in [1.82, 2.24) is 10.6 Å². The lowest BCUT2D eigenvalue weighted by atomic mass is 10.0. The van der Waals surface area contributed by atoms with Gasteiger partial charge in [0, 0.05) is 36.1 Å². The van der Waals surface area contributed by atoms with Crippen LogP contribution in [0, 0.1) is 5.92 Å². The Morgan fingerprint density at radius 3 is 2.52 bits per heavy atom. The van der Waals surface area contributed by atoms with Crippen molar-refractivity contribution in [1.29, 1.82) is 0 Å². The van der Waals surface area contributed by atoms with Gasteiger partial charge in [-0.2, -0.15) is 0 Å². The highest BCUT2D eigenvalue weighted by molar-refractivity contribution is 6.30. The third kappa shape index (κ3) is 5.81. The van der Waals surface area contributed by atoms with Crippen LogP contribution in [0.2, 0.25) is 5.02 Å². The highest BCUT2D eigenvalue weighted by atomic mass is 35.5. The van der Waals surface area contributed by atoms with Gasteiger partial charge in [-0.05, 0) is 36.2 Å². The summed E-state index contributed by atoms with van der Waals surface area (Å²) in [7, 11) is 0. The molecule has 0 aromatic heterocycles. The number of carbonyl (C=O) groups excluding carboxylic acids is 2. The Bertz CT molecular complexity index is 759. The van der Waals surface area contributed by atoms with Crippen LogP contribution in [0.25, 0.3) is 0 Å². The van der Waals surface area contributed by atoms with E-state index < -0.39 is 6.04 Å². The molecule has 0 unspecified atom stereocenters. The van der Waals surface area contributed by atoms with Crippen molar-refractivity contribution in [2.24, 2.45) is 5.92 Å². The minimum absolute atomic E-state index is 0.187. The van der Waals surface area contributed by atoms with E-state index in [2.05, 4.69) is 10.6 Å². The first-order chi connectivity index (χ1) is 13.1. The number of ether oxygens (including phenoxy) is 1. The first kappa shape index (κ1) is 19.4. The van der Waals surface area contributed by atoms with E-state index in [9.17, 15) is 9.59 Å². The van der Waals surface area contributed by atoms with E-state index in [1.807, 2.05) is 30.3 Å². The van der Waals surface area contributed by atoms with Crippen molar-refractivity contribution in [2.45, 2.75) is 18.9 Å². The predicted molar refractivity (Wildman–Crippen MR) is 105 cm³/mol. The predicted octanol–water partition coefficient (Wildman–Crippen LogP) is 2.83. The summed E-state index contributed by atoms with van der Waals surface area (Å²) in [5.41, 5.74) is 1.45. The van der Waals surface area contributed by atoms with Gasteiger partial charge in [-0.1, -0.05) is 41.9 Å². The smallest absolute Gasteiger partial charge is 0.251 e. The summed E-state index contributed by atoms with van der Waals surface area (Å²) in [6.45, 7) is 1.96. The fourth-order valence-corrected chi connectivity index (χ4v) is 3.14. The Hall–Kier alpha value is -2.37. The van der Waals surface area contributed by atoms with Gasteiger partial charge in [0.25, 0.3) is 5.91 Å². The molecule has 0 bridgehead atoms. The molecule has 27 heavy (non-hydrogen) atoms. The molecule has 0 aliphatic carbocycles. The molecule has 1 saturated heterocycles. The van der Waals surface area contributed by atoms with Gasteiger partial charge in [0.2, 0.25) is 5.91 Å². The average Bonchev–Trinajstić information content (AvgIpc) is 3.20. The van der Waals surface area contributed by atoms with Crippen molar-refractivity contribution < 1.29 is 14.3 Å². The maximum absolute atomic E-state index is 12.7. The second kappa shape index (κ2) is 9.53. The number of rotatable bonds is 7. The van der Waals surface area contributed by atoms with Crippen molar-refractivity contribution >= 4 is 23.4 Å². The standard InChI is InChI=1S/C21H23ClN2O3/c22-18-8-6-17(7-9-18)20(25)24-19(12-15-4-2-1-3-5-15)21(26)23-13-16-10-11-27-14-16/h1-9,16,19H,10-14H2,(H,23,26)(H,24,25)/t16-,19+/m1/s1. The van der Waals surface area contributed by atoms with Gasteiger partial charge in [0.05, 0.1) is 6.61 Å². The SMILES string of the molecule is O=C(N[C@@H](Cc1ccccc1)C(=O)NC[C@H]1CCOC1)c1ccc(Cl)cc1. The second-order valence-electron chi connectivity index (χ2n) is 6.70. The maximum Gasteiger partial charge on any atom is 0.251 e. The van der Waals surface area contributed by atoms with Crippen molar-refractivity contribution in [2.75, 3.05) is 19.8 Å². The van der Waals surface area contributed by atoms with E-state index in [-0.39, 0.29) is 11.8 Å². The number of hydrogen-bond donors (Lipinski definition) is 2. The fraction of sp³-hybridized carbons (Fsp3) is 0.333. The molecule has 0 saturated carbocycles. The molecule has 1 aliphatic heterocycles. The Morgan fingerprint density at radius 2 is 1.85 bits per heavy atom. The van der Waals surface area contributed by atoms with Gasteiger partial charge >= 0.3 is 0 Å². The molecule has 1 aliphatic rings. The highest BCUT2D eigenvalue weighted by Crippen LogP contribution is 2.12. The van der Waals surface area contributed by atoms with Crippen LogP contribution in [-0.4, -0.2) is 37.6 Å². The Kier molecular flexibility index (Phi) is 6.85. The topological polar surface area (TPSA) is 67.4 Å². The normalized spacial score (nSPS) is 17.3. The van der Waals surface area contributed by atoms with Crippen LogP contribution in [0.5, 0.6) is 0 Å². The van der Waals surface area contributed by atoms with Crippen molar-refractivity contribution in [3.8, 4) is 0 Å². The third-order valence-corrected chi connectivity index (χ3v) is 4.85. The molecular formula is C21H23ClN2O3. The molecule has 6 heteroatoms. The zero-order chi connectivity index (χ0) is 19.1. The van der Waals surface area contributed by atoms with Gasteiger partial charge in [0.15, 0.2) is 0 Å². The fourth-order valence-electron chi connectivity index (χ4n) is 3.01. The maximum atomic E-state index is 12.7. The third-order valence-electron chi connectivity index (χ3n) is 4.60. The molecule has 2 atom stereocenters. The number of amides is 2. The number of hydrogen-bond acceptors (Lipinski definition) is 3. The number of carbonyl (C=O) groups is 2. The van der Waals surface area contributed by atoms with Gasteiger partial charge in [-0.25, -0.2) is 0 Å². The molecule has 3 rings (SSSR count). The lowest BCUT2D eigenvalue weighted by Crippen LogP contribution is -2.49. The Morgan fingerprint density at radius 1 is 1.11 bits per heavy atom. The molecule has 1 heterocycles. The average molecular weight is 387 g/mol. The summed E-state index contributed by atoms with van der Waals surface area (Å²) >= 11 is 5.88. The quantitative estimate of drug-likeness (QED) is 0.768. The molecule has 2 aromatic carbocycles. The number of nitrogens with one attached hydrogen (secondary N) is 2. The van der Waals surface area contributed by atoms with Gasteiger partial charge < -0.3 is 15.4 Å². The van der Waals surface area contributed by atoms with Crippen molar-refractivity contribution in [3.05, 3.63) is 70.7 Å². The van der Waals surface area contributed by atoms with E-state index in [1.165, 1.54) is 0 Å². The van der Waals surface area contributed by atoms with Crippen LogP contribution in [-0.2, 0) is 16.0 Å². The van der Waals surface area contributed by atoms with Gasteiger partial charge in [-0.15, -0.1) is 0 Å². The van der Waals surface area contributed by atoms with E-state index in [0.717, 1.165) is 18.6 Å². The van der Waals surface area contributed by atoms with Gasteiger partial charge in [-0.3, -0.25) is 9.59 Å². The molecule has 0 radical (unpaired) electrons. The molecule has 2 amide bonds. The molecular weight excluding hydrogens is 364 g/mol. The van der Waals surface area contributed by atoms with Crippen molar-refractivity contribution in [3.63, 3.8) is 0 Å². The van der Waals surface area contributed by atoms with Crippen LogP contribution >= 0.6 is 11.6 Å². The van der Waals surface area contributed by atoms with Crippen LogP contribution in [0.1, 0.15) is 22.3 Å². The van der Waals surface area contributed by atoms with E-state index >= 15 is 0 Å². The zero-order valence-electron chi connectivity index (χ0n) is 15.0. The van der Waals surface area contributed by atoms with E-state index in [1.54, 1.807) is 24.3 Å². The van der Waals surface area contributed by atoms with E-state index in [4.69, 9.17) is 16.3 Å². The summed E-state index contributed by atoms with van der Waals surface area (Å²) < 4.78 is 5.35. The summed E-state index contributed by atoms with van der Waals surface area (Å²) in [4.78, 5) is 25.3. The molecule has 1 fully saturated rings. The molecule has 0 spiro atoms. The largest absolute Gasteiger partial charge is 0.381 e. The molecule has 142 valence electrons. The second-order valence-corrected chi connectivity index (χ2v) is 7.13. The Balaban J connectivity index is 1.67. The van der Waals surface area contributed by atoms with Crippen LogP contribution in [0.3, 0.4) is 0 Å². The highest BCUT2D eigenvalue weighted by Gasteiger charge is 2.24. The van der Waals surface area contributed by atoms with Crippen LogP contribution in [0.4, 0.5) is 0 Å². The first-order valence-electron chi connectivity index (χ1n) is 9.07. The Labute approximate surface area is 164 Å². The summed E-state index contributed by atoms with van der Waals surface area (Å²) in [6, 6.07) is 15.6. The molecule has 2 aromatic rings. The monoisotopic (exact) mass is 386 g/mol. The first-order valence-corrected chi connectivity index (χ1v) is 9.45. The lowest BCUT2D eigenvalue weighted by molar-refractivity contribution is -0.123. The number of benzene rings is 2. The van der Waals surface area contributed by atoms with E-state index in [0.29, 0.717) is 36.1 Å². The lowest BCUT2D eigenvalue weighted by Gasteiger charge is -2.20. The summed E-state index contributed by atoms with van der Waals surface area (Å²) in [5.74, 6) is -0.154. The summed E-state index contributed by atoms with van der Waals surface area (Å²) in [6.07, 6.45) is 1.37.